The van der Waals surface area contributed by atoms with E-state index in [1.54, 1.807) is 6.20 Å². The minimum absolute atomic E-state index is 0.0643. The largest absolute Gasteiger partial charge is 0.362 e. The molecule has 0 unspecified atom stereocenters. The number of halogens is 1. The third kappa shape index (κ3) is 2.07. The average molecular weight is 226 g/mol. The van der Waals surface area contributed by atoms with Gasteiger partial charge in [0, 0.05) is 12.1 Å². The summed E-state index contributed by atoms with van der Waals surface area (Å²) in [4.78, 5) is 8.74. The van der Waals surface area contributed by atoms with Crippen LogP contribution < -0.4 is 5.32 Å². The van der Waals surface area contributed by atoms with E-state index >= 15 is 0 Å². The SMILES string of the molecule is Cc1cnc(C)c(NC2(CCl)CCC2)n1. The van der Waals surface area contributed by atoms with Crippen LogP contribution in [0.1, 0.15) is 30.7 Å². The molecule has 1 fully saturated rings. The zero-order chi connectivity index (χ0) is 10.9. The predicted octanol–water partition coefficient (Wildman–Crippen LogP) is 2.67. The number of nitrogens with zero attached hydrogens (tertiary/aromatic N) is 2. The van der Waals surface area contributed by atoms with Crippen LogP contribution in [0.5, 0.6) is 0 Å². The molecular formula is C11H16ClN3. The van der Waals surface area contributed by atoms with Crippen LogP contribution in [-0.4, -0.2) is 21.4 Å². The van der Waals surface area contributed by atoms with Crippen LogP contribution in [0.25, 0.3) is 0 Å². The summed E-state index contributed by atoms with van der Waals surface area (Å²) in [6, 6.07) is 0. The van der Waals surface area contributed by atoms with Crippen molar-refractivity contribution in [3.63, 3.8) is 0 Å². The Morgan fingerprint density at radius 3 is 2.73 bits per heavy atom. The summed E-state index contributed by atoms with van der Waals surface area (Å²) < 4.78 is 0. The highest BCUT2D eigenvalue weighted by atomic mass is 35.5. The molecule has 1 saturated carbocycles. The van der Waals surface area contributed by atoms with Gasteiger partial charge in [-0.05, 0) is 33.1 Å². The van der Waals surface area contributed by atoms with Gasteiger partial charge in [-0.3, -0.25) is 4.98 Å². The summed E-state index contributed by atoms with van der Waals surface area (Å²) in [7, 11) is 0. The molecule has 0 spiro atoms. The summed E-state index contributed by atoms with van der Waals surface area (Å²) in [5.74, 6) is 1.53. The van der Waals surface area contributed by atoms with Crippen molar-refractivity contribution in [3.8, 4) is 0 Å². The molecule has 1 aliphatic carbocycles. The molecule has 3 nitrogen and oxygen atoms in total. The molecule has 0 saturated heterocycles. The van der Waals surface area contributed by atoms with Gasteiger partial charge in [-0.2, -0.15) is 0 Å². The van der Waals surface area contributed by atoms with Gasteiger partial charge in [0.05, 0.1) is 16.9 Å². The zero-order valence-corrected chi connectivity index (χ0v) is 9.93. The maximum Gasteiger partial charge on any atom is 0.148 e. The molecule has 1 aromatic rings. The van der Waals surface area contributed by atoms with Crippen LogP contribution in [0.4, 0.5) is 5.82 Å². The molecule has 0 bridgehead atoms. The second-order valence-corrected chi connectivity index (χ2v) is 4.61. The van der Waals surface area contributed by atoms with E-state index in [2.05, 4.69) is 15.3 Å². The molecule has 0 aliphatic heterocycles. The Balaban J connectivity index is 2.19. The second-order valence-electron chi connectivity index (χ2n) is 4.34. The summed E-state index contributed by atoms with van der Waals surface area (Å²) in [6.45, 7) is 3.92. The van der Waals surface area contributed by atoms with E-state index in [9.17, 15) is 0 Å². The molecule has 15 heavy (non-hydrogen) atoms. The van der Waals surface area contributed by atoms with Crippen molar-refractivity contribution in [3.05, 3.63) is 17.6 Å². The smallest absolute Gasteiger partial charge is 0.148 e. The van der Waals surface area contributed by atoms with Crippen molar-refractivity contribution in [2.45, 2.75) is 38.6 Å². The van der Waals surface area contributed by atoms with Gasteiger partial charge in [0.25, 0.3) is 0 Å². The number of hydrogen-bond donors (Lipinski definition) is 1. The van der Waals surface area contributed by atoms with E-state index in [-0.39, 0.29) is 5.54 Å². The molecule has 1 N–H and O–H groups in total. The number of aryl methyl sites for hydroxylation is 2. The normalized spacial score (nSPS) is 18.3. The van der Waals surface area contributed by atoms with Gasteiger partial charge >= 0.3 is 0 Å². The van der Waals surface area contributed by atoms with Crippen molar-refractivity contribution in [2.75, 3.05) is 11.2 Å². The maximum atomic E-state index is 5.99. The van der Waals surface area contributed by atoms with E-state index in [0.29, 0.717) is 5.88 Å². The number of rotatable bonds is 3. The third-order valence-corrected chi connectivity index (χ3v) is 3.54. The molecular weight excluding hydrogens is 210 g/mol. The monoisotopic (exact) mass is 225 g/mol. The lowest BCUT2D eigenvalue weighted by molar-refractivity contribution is 0.310. The first kappa shape index (κ1) is 10.7. The van der Waals surface area contributed by atoms with Crippen LogP contribution in [-0.2, 0) is 0 Å². The Morgan fingerprint density at radius 2 is 2.20 bits per heavy atom. The Labute approximate surface area is 95.3 Å². The summed E-state index contributed by atoms with van der Waals surface area (Å²) in [5, 5.41) is 3.45. The molecule has 4 heteroatoms. The third-order valence-electron chi connectivity index (χ3n) is 3.03. The Hall–Kier alpha value is -0.830. The van der Waals surface area contributed by atoms with Crippen molar-refractivity contribution >= 4 is 17.4 Å². The Kier molecular flexibility index (Phi) is 2.83. The molecule has 0 radical (unpaired) electrons. The highest BCUT2D eigenvalue weighted by molar-refractivity contribution is 6.19. The molecule has 0 aromatic carbocycles. The lowest BCUT2D eigenvalue weighted by atomic mass is 9.78. The first-order valence-corrected chi connectivity index (χ1v) is 5.83. The van der Waals surface area contributed by atoms with Crippen LogP contribution in [0.15, 0.2) is 6.20 Å². The van der Waals surface area contributed by atoms with Crippen LogP contribution in [0.3, 0.4) is 0 Å². The van der Waals surface area contributed by atoms with E-state index in [0.717, 1.165) is 30.0 Å². The Morgan fingerprint density at radius 1 is 1.47 bits per heavy atom. The van der Waals surface area contributed by atoms with Crippen LogP contribution >= 0.6 is 11.6 Å². The molecule has 1 heterocycles. The number of anilines is 1. The maximum absolute atomic E-state index is 5.99. The molecule has 0 atom stereocenters. The van der Waals surface area contributed by atoms with Gasteiger partial charge in [-0.25, -0.2) is 4.98 Å². The topological polar surface area (TPSA) is 37.8 Å². The quantitative estimate of drug-likeness (QED) is 0.804. The molecule has 1 aliphatic rings. The highest BCUT2D eigenvalue weighted by Gasteiger charge is 2.36. The minimum Gasteiger partial charge on any atom is -0.362 e. The predicted molar refractivity (Wildman–Crippen MR) is 62.4 cm³/mol. The number of alkyl halides is 1. The fourth-order valence-electron chi connectivity index (χ4n) is 1.80. The lowest BCUT2D eigenvalue weighted by Gasteiger charge is -2.41. The molecule has 1 aromatic heterocycles. The average Bonchev–Trinajstić information content (AvgIpc) is 2.17. The number of hydrogen-bond acceptors (Lipinski definition) is 3. The first-order valence-electron chi connectivity index (χ1n) is 5.30. The second kappa shape index (κ2) is 3.97. The van der Waals surface area contributed by atoms with E-state index < -0.39 is 0 Å². The summed E-state index contributed by atoms with van der Waals surface area (Å²) in [6.07, 6.45) is 5.30. The van der Waals surface area contributed by atoms with Crippen LogP contribution in [0, 0.1) is 13.8 Å². The van der Waals surface area contributed by atoms with Gasteiger partial charge in [0.2, 0.25) is 0 Å². The highest BCUT2D eigenvalue weighted by Crippen LogP contribution is 2.36. The lowest BCUT2D eigenvalue weighted by Crippen LogP contribution is -2.47. The number of nitrogens with one attached hydrogen (secondary N) is 1. The fourth-order valence-corrected chi connectivity index (χ4v) is 2.14. The first-order chi connectivity index (χ1) is 7.15. The standard InChI is InChI=1S/C11H16ClN3/c1-8-6-13-9(2)10(14-8)15-11(7-12)4-3-5-11/h6H,3-5,7H2,1-2H3,(H,14,15). The molecule has 82 valence electrons. The van der Waals surface area contributed by atoms with Crippen molar-refractivity contribution in [1.29, 1.82) is 0 Å². The van der Waals surface area contributed by atoms with Gasteiger partial charge in [-0.1, -0.05) is 0 Å². The molecule has 2 rings (SSSR count). The fraction of sp³-hybridized carbons (Fsp3) is 0.636. The molecule has 0 amide bonds. The van der Waals surface area contributed by atoms with E-state index in [4.69, 9.17) is 11.6 Å². The van der Waals surface area contributed by atoms with Crippen molar-refractivity contribution in [1.82, 2.24) is 9.97 Å². The Bertz CT molecular complexity index is 355. The van der Waals surface area contributed by atoms with Gasteiger partial charge < -0.3 is 5.32 Å². The summed E-state index contributed by atoms with van der Waals surface area (Å²) in [5.41, 5.74) is 1.94. The van der Waals surface area contributed by atoms with Gasteiger partial charge in [0.15, 0.2) is 0 Å². The van der Waals surface area contributed by atoms with Crippen LogP contribution in [0.2, 0.25) is 0 Å². The van der Waals surface area contributed by atoms with Gasteiger partial charge in [-0.15, -0.1) is 11.6 Å². The van der Waals surface area contributed by atoms with Gasteiger partial charge in [0.1, 0.15) is 5.82 Å². The van der Waals surface area contributed by atoms with Crippen molar-refractivity contribution in [2.24, 2.45) is 0 Å². The zero-order valence-electron chi connectivity index (χ0n) is 9.18. The summed E-state index contributed by atoms with van der Waals surface area (Å²) >= 11 is 5.99. The van der Waals surface area contributed by atoms with E-state index in [1.165, 1.54) is 6.42 Å². The minimum atomic E-state index is 0.0643. The van der Waals surface area contributed by atoms with E-state index in [1.807, 2.05) is 13.8 Å². The number of aromatic nitrogens is 2. The van der Waals surface area contributed by atoms with Crippen molar-refractivity contribution < 1.29 is 0 Å².